The lowest BCUT2D eigenvalue weighted by molar-refractivity contribution is 0.567. The van der Waals surface area contributed by atoms with E-state index < -0.39 is 0 Å². The first-order chi connectivity index (χ1) is 14.2. The number of anilines is 2. The smallest absolute Gasteiger partial charge is 0.229 e. The Morgan fingerprint density at radius 3 is 2.48 bits per heavy atom. The minimum atomic E-state index is 0.233. The second kappa shape index (κ2) is 8.78. The summed E-state index contributed by atoms with van der Waals surface area (Å²) < 4.78 is 2.23. The number of benzene rings is 1. The van der Waals surface area contributed by atoms with E-state index in [1.165, 1.54) is 19.3 Å². The molecule has 3 N–H and O–H groups in total. The summed E-state index contributed by atoms with van der Waals surface area (Å²) in [7, 11) is 0. The first-order valence-electron chi connectivity index (χ1n) is 10.7. The Kier molecular flexibility index (Phi) is 5.94. The molecule has 1 aromatic carbocycles. The van der Waals surface area contributed by atoms with E-state index in [0.717, 1.165) is 60.4 Å². The molecule has 3 aromatic rings. The number of fused-ring (bicyclic) bond motifs is 1. The average molecular weight is 394 g/mol. The van der Waals surface area contributed by atoms with Crippen LogP contribution in [0.2, 0.25) is 0 Å². The molecule has 1 aliphatic rings. The molecule has 0 unspecified atom stereocenters. The maximum absolute atomic E-state index is 5.70. The molecule has 2 aromatic heterocycles. The molecule has 0 aliphatic carbocycles. The van der Waals surface area contributed by atoms with Crippen molar-refractivity contribution in [2.45, 2.75) is 45.6 Å². The van der Waals surface area contributed by atoms with Gasteiger partial charge in [0.05, 0.1) is 0 Å². The van der Waals surface area contributed by atoms with Gasteiger partial charge >= 0.3 is 0 Å². The molecule has 1 aliphatic heterocycles. The van der Waals surface area contributed by atoms with Crippen LogP contribution in [0.4, 0.5) is 11.8 Å². The summed E-state index contributed by atoms with van der Waals surface area (Å²) >= 11 is 0. The zero-order valence-electron chi connectivity index (χ0n) is 17.4. The number of rotatable bonds is 7. The van der Waals surface area contributed by atoms with Crippen LogP contribution in [0.5, 0.6) is 0 Å². The summed E-state index contributed by atoms with van der Waals surface area (Å²) in [6.07, 6.45) is 4.55. The average Bonchev–Trinajstić information content (AvgIpc) is 3.15. The quantitative estimate of drug-likeness (QED) is 0.594. The molecule has 1 fully saturated rings. The van der Waals surface area contributed by atoms with Crippen LogP contribution in [-0.4, -0.2) is 45.7 Å². The summed E-state index contributed by atoms with van der Waals surface area (Å²) in [5, 5.41) is 3.47. The van der Waals surface area contributed by atoms with E-state index in [-0.39, 0.29) is 6.04 Å². The van der Waals surface area contributed by atoms with Crippen molar-refractivity contribution in [3.63, 3.8) is 0 Å². The van der Waals surface area contributed by atoms with E-state index in [9.17, 15) is 0 Å². The van der Waals surface area contributed by atoms with Gasteiger partial charge in [-0.25, -0.2) is 4.98 Å². The third-order valence-corrected chi connectivity index (χ3v) is 5.39. The molecule has 7 nitrogen and oxygen atoms in total. The molecule has 0 saturated carbocycles. The minimum absolute atomic E-state index is 0.233. The van der Waals surface area contributed by atoms with E-state index in [0.29, 0.717) is 6.54 Å². The van der Waals surface area contributed by atoms with Crippen molar-refractivity contribution in [1.29, 1.82) is 0 Å². The van der Waals surface area contributed by atoms with Crippen LogP contribution in [0, 0.1) is 0 Å². The van der Waals surface area contributed by atoms with Crippen LogP contribution in [-0.2, 0) is 0 Å². The molecule has 0 bridgehead atoms. The number of imidazole rings is 1. The number of hydrogen-bond donors (Lipinski definition) is 2. The molecule has 1 saturated heterocycles. The van der Waals surface area contributed by atoms with Crippen molar-refractivity contribution in [3.8, 4) is 11.4 Å². The van der Waals surface area contributed by atoms with Gasteiger partial charge in [0.2, 0.25) is 5.95 Å². The summed E-state index contributed by atoms with van der Waals surface area (Å²) in [6, 6.07) is 10.5. The van der Waals surface area contributed by atoms with Crippen molar-refractivity contribution < 1.29 is 0 Å². The highest BCUT2D eigenvalue weighted by atomic mass is 15.3. The second-order valence-electron chi connectivity index (χ2n) is 7.93. The molecule has 7 heteroatoms. The summed E-state index contributed by atoms with van der Waals surface area (Å²) in [5.74, 6) is 2.54. The fourth-order valence-corrected chi connectivity index (χ4v) is 3.91. The van der Waals surface area contributed by atoms with E-state index in [1.54, 1.807) is 0 Å². The Morgan fingerprint density at radius 1 is 1.03 bits per heavy atom. The Morgan fingerprint density at radius 2 is 1.79 bits per heavy atom. The molecule has 0 atom stereocenters. The first kappa shape index (κ1) is 19.6. The van der Waals surface area contributed by atoms with Crippen molar-refractivity contribution in [3.05, 3.63) is 30.3 Å². The molecule has 3 heterocycles. The Bertz CT molecular complexity index is 943. The maximum Gasteiger partial charge on any atom is 0.229 e. The van der Waals surface area contributed by atoms with E-state index in [2.05, 4.69) is 40.8 Å². The summed E-state index contributed by atoms with van der Waals surface area (Å²) in [6.45, 7) is 7.80. The fourth-order valence-electron chi connectivity index (χ4n) is 3.91. The van der Waals surface area contributed by atoms with Gasteiger partial charge in [0.1, 0.15) is 5.82 Å². The van der Waals surface area contributed by atoms with Gasteiger partial charge < -0.3 is 20.5 Å². The van der Waals surface area contributed by atoms with Crippen LogP contribution in [0.1, 0.15) is 45.6 Å². The van der Waals surface area contributed by atoms with Crippen LogP contribution in [0.15, 0.2) is 30.3 Å². The monoisotopic (exact) mass is 393 g/mol. The number of nitrogens with one attached hydrogen (secondary N) is 1. The number of hydrogen-bond acceptors (Lipinski definition) is 6. The molecule has 29 heavy (non-hydrogen) atoms. The largest absolute Gasteiger partial charge is 0.368 e. The van der Waals surface area contributed by atoms with Crippen LogP contribution in [0.25, 0.3) is 22.6 Å². The van der Waals surface area contributed by atoms with Gasteiger partial charge in [0.15, 0.2) is 17.0 Å². The molecule has 4 rings (SSSR count). The zero-order chi connectivity index (χ0) is 20.2. The lowest BCUT2D eigenvalue weighted by Crippen LogP contribution is -2.31. The predicted molar refractivity (Wildman–Crippen MR) is 119 cm³/mol. The molecule has 0 spiro atoms. The SMILES string of the molecule is CC(C)n1c(-c2ccccc2)nc2c(NCCCN)nc(N3CCCCC3)nc21. The van der Waals surface area contributed by atoms with Crippen molar-refractivity contribution in [2.75, 3.05) is 36.4 Å². The van der Waals surface area contributed by atoms with E-state index >= 15 is 0 Å². The number of aromatic nitrogens is 4. The third kappa shape index (κ3) is 4.05. The van der Waals surface area contributed by atoms with Crippen molar-refractivity contribution in [1.82, 2.24) is 19.5 Å². The highest BCUT2D eigenvalue weighted by Gasteiger charge is 2.23. The Hall–Kier alpha value is -2.67. The van der Waals surface area contributed by atoms with Crippen LogP contribution >= 0.6 is 0 Å². The standard InChI is InChI=1S/C22H31N7/c1-16(2)29-20(17-10-5-3-6-11-17)25-18-19(24-13-9-12-23)26-22(27-21(18)29)28-14-7-4-8-15-28/h3,5-6,10-11,16H,4,7-9,12-15,23H2,1-2H3,(H,24,26,27). The number of nitrogens with zero attached hydrogens (tertiary/aromatic N) is 5. The van der Waals surface area contributed by atoms with Gasteiger partial charge in [-0.2, -0.15) is 9.97 Å². The Balaban J connectivity index is 1.88. The van der Waals surface area contributed by atoms with Crippen molar-refractivity contribution in [2.24, 2.45) is 5.73 Å². The van der Waals surface area contributed by atoms with Gasteiger partial charge in [-0.1, -0.05) is 30.3 Å². The molecular formula is C22H31N7. The van der Waals surface area contributed by atoms with Gasteiger partial charge in [0, 0.05) is 31.2 Å². The second-order valence-corrected chi connectivity index (χ2v) is 7.93. The predicted octanol–water partition coefficient (Wildman–Crippen LogP) is 3.83. The van der Waals surface area contributed by atoms with Crippen LogP contribution in [0.3, 0.4) is 0 Å². The van der Waals surface area contributed by atoms with Gasteiger partial charge in [0.25, 0.3) is 0 Å². The van der Waals surface area contributed by atoms with E-state index in [4.69, 9.17) is 20.7 Å². The highest BCUT2D eigenvalue weighted by Crippen LogP contribution is 2.32. The lowest BCUT2D eigenvalue weighted by atomic mass is 10.1. The molecular weight excluding hydrogens is 362 g/mol. The summed E-state index contributed by atoms with van der Waals surface area (Å²) in [4.78, 5) is 17.2. The lowest BCUT2D eigenvalue weighted by Gasteiger charge is -2.27. The van der Waals surface area contributed by atoms with Crippen LogP contribution < -0.4 is 16.0 Å². The number of nitrogens with two attached hydrogens (primary N) is 1. The first-order valence-corrected chi connectivity index (χ1v) is 10.7. The Labute approximate surface area is 172 Å². The topological polar surface area (TPSA) is 84.9 Å². The fraction of sp³-hybridized carbons (Fsp3) is 0.500. The summed E-state index contributed by atoms with van der Waals surface area (Å²) in [5.41, 5.74) is 8.51. The maximum atomic E-state index is 5.70. The third-order valence-electron chi connectivity index (χ3n) is 5.39. The van der Waals surface area contributed by atoms with Crippen molar-refractivity contribution >= 4 is 22.9 Å². The molecule has 154 valence electrons. The van der Waals surface area contributed by atoms with Gasteiger partial charge in [-0.15, -0.1) is 0 Å². The van der Waals surface area contributed by atoms with E-state index in [1.807, 2.05) is 18.2 Å². The molecule has 0 amide bonds. The zero-order valence-corrected chi connectivity index (χ0v) is 17.4. The molecule has 0 radical (unpaired) electrons. The minimum Gasteiger partial charge on any atom is -0.368 e. The van der Waals surface area contributed by atoms with Gasteiger partial charge in [-0.05, 0) is 46.1 Å². The normalized spacial score (nSPS) is 14.7. The van der Waals surface area contributed by atoms with Gasteiger partial charge in [-0.3, -0.25) is 0 Å². The highest BCUT2D eigenvalue weighted by molar-refractivity contribution is 5.88. The number of piperidine rings is 1.